The molecule has 0 saturated heterocycles. The van der Waals surface area contributed by atoms with Crippen molar-refractivity contribution in [1.82, 2.24) is 24.3 Å². The Morgan fingerprint density at radius 3 is 2.91 bits per heavy atom. The summed E-state index contributed by atoms with van der Waals surface area (Å²) in [7, 11) is 0. The van der Waals surface area contributed by atoms with Crippen LogP contribution < -0.4 is 10.6 Å². The Labute approximate surface area is 198 Å². The van der Waals surface area contributed by atoms with Crippen LogP contribution in [0.4, 0.5) is 16.5 Å². The van der Waals surface area contributed by atoms with Crippen molar-refractivity contribution in [2.45, 2.75) is 20.0 Å². The molecule has 166 valence electrons. The molecule has 5 rings (SSSR count). The van der Waals surface area contributed by atoms with Gasteiger partial charge in [0, 0.05) is 30.0 Å². The topological polar surface area (TPSA) is 89.7 Å². The molecule has 33 heavy (non-hydrogen) atoms. The summed E-state index contributed by atoms with van der Waals surface area (Å²) in [4.78, 5) is 21.6. The van der Waals surface area contributed by atoms with Crippen LogP contribution in [0.1, 0.15) is 15.2 Å². The van der Waals surface area contributed by atoms with Gasteiger partial charge in [-0.25, -0.2) is 9.97 Å². The number of hydrogen-bond acceptors (Lipinski definition) is 6. The predicted molar refractivity (Wildman–Crippen MR) is 131 cm³/mol. The van der Waals surface area contributed by atoms with E-state index < -0.39 is 0 Å². The van der Waals surface area contributed by atoms with Gasteiger partial charge in [-0.15, -0.1) is 0 Å². The second-order valence-corrected chi connectivity index (χ2v) is 8.92. The van der Waals surface area contributed by atoms with E-state index in [4.69, 9.17) is 11.6 Å². The van der Waals surface area contributed by atoms with Gasteiger partial charge < -0.3 is 15.2 Å². The predicted octanol–water partition coefficient (Wildman–Crippen LogP) is 5.35. The van der Waals surface area contributed by atoms with E-state index >= 15 is 0 Å². The maximum Gasteiger partial charge on any atom is 0.267 e. The Bertz CT molecular complexity index is 1400. The molecule has 0 unspecified atom stereocenters. The summed E-state index contributed by atoms with van der Waals surface area (Å²) in [5, 5.41) is 12.9. The van der Waals surface area contributed by atoms with Gasteiger partial charge in [0.2, 0.25) is 0 Å². The number of aryl methyl sites for hydroxylation is 3. The summed E-state index contributed by atoms with van der Waals surface area (Å²) in [6.07, 6.45) is 8.91. The van der Waals surface area contributed by atoms with E-state index in [1.165, 1.54) is 11.3 Å². The number of nitrogens with one attached hydrogen (secondary N) is 2. The van der Waals surface area contributed by atoms with Gasteiger partial charge in [0.1, 0.15) is 4.88 Å². The fourth-order valence-electron chi connectivity index (χ4n) is 3.48. The van der Waals surface area contributed by atoms with Crippen molar-refractivity contribution in [3.63, 3.8) is 0 Å². The van der Waals surface area contributed by atoms with Gasteiger partial charge >= 0.3 is 0 Å². The van der Waals surface area contributed by atoms with Crippen LogP contribution >= 0.6 is 22.9 Å². The number of rotatable bonds is 7. The number of imidazole rings is 1. The van der Waals surface area contributed by atoms with E-state index in [0.29, 0.717) is 20.7 Å². The molecule has 8 nitrogen and oxygen atoms in total. The molecule has 2 N–H and O–H groups in total. The van der Waals surface area contributed by atoms with Crippen molar-refractivity contribution in [1.29, 1.82) is 0 Å². The summed E-state index contributed by atoms with van der Waals surface area (Å²) in [5.41, 5.74) is 3.40. The quantitative estimate of drug-likeness (QED) is 0.330. The molecular weight excluding hydrogens is 458 g/mol. The third-order valence-electron chi connectivity index (χ3n) is 5.22. The van der Waals surface area contributed by atoms with E-state index in [9.17, 15) is 4.79 Å². The Hall–Kier alpha value is -3.69. The van der Waals surface area contributed by atoms with E-state index in [2.05, 4.69) is 25.7 Å². The monoisotopic (exact) mass is 477 g/mol. The first kappa shape index (κ1) is 21.2. The molecule has 0 spiro atoms. The minimum absolute atomic E-state index is 0.246. The van der Waals surface area contributed by atoms with Crippen molar-refractivity contribution < 1.29 is 4.79 Å². The lowest BCUT2D eigenvalue weighted by atomic mass is 10.2. The first-order chi connectivity index (χ1) is 16.1. The van der Waals surface area contributed by atoms with E-state index in [0.717, 1.165) is 35.2 Å². The highest BCUT2D eigenvalue weighted by molar-refractivity contribution is 7.17. The number of para-hydroxylation sites is 1. The lowest BCUT2D eigenvalue weighted by molar-refractivity contribution is 0.103. The number of carbonyl (C=O) groups is 1. The third-order valence-corrected chi connectivity index (χ3v) is 6.44. The summed E-state index contributed by atoms with van der Waals surface area (Å²) in [6, 6.07) is 11.5. The largest absolute Gasteiger partial charge is 0.336 e. The van der Waals surface area contributed by atoms with Crippen LogP contribution in [-0.4, -0.2) is 30.2 Å². The Kier molecular flexibility index (Phi) is 5.80. The zero-order valence-electron chi connectivity index (χ0n) is 17.7. The number of carbonyl (C=O) groups excluding carboxylic acids is 1. The molecule has 0 radical (unpaired) electrons. The highest BCUT2D eigenvalue weighted by Crippen LogP contribution is 2.29. The van der Waals surface area contributed by atoms with Crippen molar-refractivity contribution in [2.75, 3.05) is 10.6 Å². The van der Waals surface area contributed by atoms with E-state index in [1.54, 1.807) is 24.8 Å². The highest BCUT2D eigenvalue weighted by atomic mass is 35.5. The van der Waals surface area contributed by atoms with Gasteiger partial charge in [-0.3, -0.25) is 9.48 Å². The fourth-order valence-corrected chi connectivity index (χ4v) is 4.48. The molecule has 1 amide bonds. The molecule has 0 aliphatic rings. The Morgan fingerprint density at radius 2 is 2.09 bits per heavy atom. The summed E-state index contributed by atoms with van der Waals surface area (Å²) in [6.45, 7) is 3.41. The number of nitrogens with zero attached hydrogens (tertiary/aromatic N) is 5. The maximum atomic E-state index is 12.7. The van der Waals surface area contributed by atoms with Crippen LogP contribution in [0.25, 0.3) is 10.9 Å². The van der Waals surface area contributed by atoms with E-state index in [1.807, 2.05) is 58.9 Å². The number of hydrogen-bond donors (Lipinski definition) is 2. The first-order valence-corrected chi connectivity index (χ1v) is 11.5. The van der Waals surface area contributed by atoms with Crippen molar-refractivity contribution >= 4 is 56.3 Å². The van der Waals surface area contributed by atoms with Crippen LogP contribution in [0.5, 0.6) is 0 Å². The smallest absolute Gasteiger partial charge is 0.267 e. The highest BCUT2D eigenvalue weighted by Gasteiger charge is 2.14. The van der Waals surface area contributed by atoms with Gasteiger partial charge in [-0.05, 0) is 36.8 Å². The summed E-state index contributed by atoms with van der Waals surface area (Å²) >= 11 is 7.50. The SMILES string of the molecule is Cc1cccc(Cl)c1NC(=O)c1cnc(Nc2ccc3cnn(CCn4ccnc4)c3c2)s1. The van der Waals surface area contributed by atoms with Gasteiger partial charge in [0.25, 0.3) is 5.91 Å². The van der Waals surface area contributed by atoms with Gasteiger partial charge in [-0.2, -0.15) is 5.10 Å². The Morgan fingerprint density at radius 1 is 1.18 bits per heavy atom. The lowest BCUT2D eigenvalue weighted by Crippen LogP contribution is -2.11. The van der Waals surface area contributed by atoms with E-state index in [-0.39, 0.29) is 5.91 Å². The first-order valence-electron chi connectivity index (χ1n) is 10.3. The Balaban J connectivity index is 1.30. The van der Waals surface area contributed by atoms with Crippen LogP contribution in [0.3, 0.4) is 0 Å². The molecule has 0 aliphatic carbocycles. The number of fused-ring (bicyclic) bond motifs is 1. The minimum Gasteiger partial charge on any atom is -0.336 e. The third kappa shape index (κ3) is 4.59. The van der Waals surface area contributed by atoms with Gasteiger partial charge in [-0.1, -0.05) is 35.1 Å². The molecule has 0 bridgehead atoms. The zero-order chi connectivity index (χ0) is 22.8. The van der Waals surface area contributed by atoms with Gasteiger partial charge in [0.05, 0.1) is 41.5 Å². The second kappa shape index (κ2) is 9.05. The maximum absolute atomic E-state index is 12.7. The van der Waals surface area contributed by atoms with Crippen LogP contribution in [0.2, 0.25) is 5.02 Å². The van der Waals surface area contributed by atoms with Crippen LogP contribution in [-0.2, 0) is 13.1 Å². The molecule has 0 saturated carbocycles. The average molecular weight is 478 g/mol. The molecule has 5 aromatic rings. The minimum atomic E-state index is -0.246. The summed E-state index contributed by atoms with van der Waals surface area (Å²) < 4.78 is 3.98. The van der Waals surface area contributed by atoms with Crippen LogP contribution in [0.15, 0.2) is 67.5 Å². The lowest BCUT2D eigenvalue weighted by Gasteiger charge is -2.09. The molecule has 0 aliphatic heterocycles. The number of benzene rings is 2. The molecular formula is C23H20ClN7OS. The summed E-state index contributed by atoms with van der Waals surface area (Å²) in [5.74, 6) is -0.246. The normalized spacial score (nSPS) is 11.1. The molecule has 0 fully saturated rings. The van der Waals surface area contributed by atoms with Gasteiger partial charge in [0.15, 0.2) is 5.13 Å². The molecule has 3 aromatic heterocycles. The molecule has 10 heteroatoms. The van der Waals surface area contributed by atoms with Crippen molar-refractivity contribution in [3.05, 3.63) is 83.0 Å². The number of amides is 1. The fraction of sp³-hybridized carbons (Fsp3) is 0.130. The molecule has 3 heterocycles. The van der Waals surface area contributed by atoms with Crippen molar-refractivity contribution in [2.24, 2.45) is 0 Å². The average Bonchev–Trinajstić information content (AvgIpc) is 3.56. The zero-order valence-corrected chi connectivity index (χ0v) is 19.3. The van der Waals surface area contributed by atoms with Crippen LogP contribution in [0, 0.1) is 6.92 Å². The number of anilines is 3. The second-order valence-electron chi connectivity index (χ2n) is 7.48. The number of thiazole rings is 1. The standard InChI is InChI=1S/C23H20ClN7OS/c1-15-3-2-4-18(24)21(15)29-22(32)20-13-26-23(33-20)28-17-6-5-16-12-27-31(19(16)11-17)10-9-30-8-7-25-14-30/h2-8,11-14H,9-10H2,1H3,(H,26,28)(H,29,32). The molecule has 0 atom stereocenters. The number of aromatic nitrogens is 5. The van der Waals surface area contributed by atoms with Crippen molar-refractivity contribution in [3.8, 4) is 0 Å². The number of halogens is 1. The molecule has 2 aromatic carbocycles.